The number of rotatable bonds is 4. The zero-order valence-electron chi connectivity index (χ0n) is 12.4. The summed E-state index contributed by atoms with van der Waals surface area (Å²) in [4.78, 5) is 15.7. The van der Waals surface area contributed by atoms with E-state index in [9.17, 15) is 4.79 Å². The first kappa shape index (κ1) is 14.1. The topological polar surface area (TPSA) is 41.4 Å². The number of nitrogens with zero attached hydrogens (tertiary/aromatic N) is 4. The van der Waals surface area contributed by atoms with Crippen molar-refractivity contribution in [1.29, 1.82) is 0 Å². The van der Waals surface area contributed by atoms with Gasteiger partial charge in [0, 0.05) is 51.4 Å². The second kappa shape index (κ2) is 5.74. The third-order valence-electron chi connectivity index (χ3n) is 4.07. The third-order valence-corrected chi connectivity index (χ3v) is 4.07. The Morgan fingerprint density at radius 2 is 2.21 bits per heavy atom. The standard InChI is InChI=1S/C14H24N4O/c1-11-13(7-15-18(11)4)10-16(2)8-12-5-6-14(19)17(3)9-12/h7,12H,5-6,8-10H2,1-4H3. The zero-order valence-corrected chi connectivity index (χ0v) is 12.4. The highest BCUT2D eigenvalue weighted by molar-refractivity contribution is 5.76. The Morgan fingerprint density at radius 3 is 2.79 bits per heavy atom. The summed E-state index contributed by atoms with van der Waals surface area (Å²) in [6.45, 7) is 4.94. The van der Waals surface area contributed by atoms with Gasteiger partial charge in [-0.2, -0.15) is 5.10 Å². The summed E-state index contributed by atoms with van der Waals surface area (Å²) >= 11 is 0. The van der Waals surface area contributed by atoms with Crippen LogP contribution >= 0.6 is 0 Å². The summed E-state index contributed by atoms with van der Waals surface area (Å²) in [5, 5.41) is 4.28. The maximum Gasteiger partial charge on any atom is 0.222 e. The molecule has 2 rings (SSSR count). The summed E-state index contributed by atoms with van der Waals surface area (Å²) in [7, 11) is 6.02. The third kappa shape index (κ3) is 3.35. The predicted molar refractivity (Wildman–Crippen MR) is 74.6 cm³/mol. The molecule has 19 heavy (non-hydrogen) atoms. The normalized spacial score (nSPS) is 20.4. The van der Waals surface area contributed by atoms with Crippen molar-refractivity contribution in [3.8, 4) is 0 Å². The van der Waals surface area contributed by atoms with Crippen LogP contribution in [0.2, 0.25) is 0 Å². The van der Waals surface area contributed by atoms with Gasteiger partial charge in [-0.25, -0.2) is 0 Å². The molecule has 0 saturated carbocycles. The average molecular weight is 264 g/mol. The Morgan fingerprint density at radius 1 is 1.47 bits per heavy atom. The smallest absolute Gasteiger partial charge is 0.222 e. The molecule has 1 aliphatic heterocycles. The van der Waals surface area contributed by atoms with Crippen molar-refractivity contribution in [3.05, 3.63) is 17.5 Å². The van der Waals surface area contributed by atoms with Crippen LogP contribution in [0, 0.1) is 12.8 Å². The molecule has 0 radical (unpaired) electrons. The Balaban J connectivity index is 1.86. The van der Waals surface area contributed by atoms with E-state index in [0.29, 0.717) is 12.3 Å². The molecule has 1 unspecified atom stereocenters. The van der Waals surface area contributed by atoms with Crippen molar-refractivity contribution < 1.29 is 4.79 Å². The number of hydrogen-bond acceptors (Lipinski definition) is 3. The number of carbonyl (C=O) groups excluding carboxylic acids is 1. The van der Waals surface area contributed by atoms with Crippen LogP contribution in [0.3, 0.4) is 0 Å². The van der Waals surface area contributed by atoms with Gasteiger partial charge in [0.25, 0.3) is 0 Å². The van der Waals surface area contributed by atoms with E-state index >= 15 is 0 Å². The number of amides is 1. The van der Waals surface area contributed by atoms with Gasteiger partial charge in [0.2, 0.25) is 5.91 Å². The molecule has 0 aromatic carbocycles. The Labute approximate surface area is 115 Å². The Hall–Kier alpha value is -1.36. The molecule has 1 fully saturated rings. The van der Waals surface area contributed by atoms with Gasteiger partial charge in [0.15, 0.2) is 0 Å². The quantitative estimate of drug-likeness (QED) is 0.815. The molecule has 0 spiro atoms. The molecular weight excluding hydrogens is 240 g/mol. The summed E-state index contributed by atoms with van der Waals surface area (Å²) in [6.07, 6.45) is 3.66. The van der Waals surface area contributed by atoms with Gasteiger partial charge in [-0.1, -0.05) is 0 Å². The molecule has 2 heterocycles. The molecule has 5 heteroatoms. The maximum atomic E-state index is 11.5. The van der Waals surface area contributed by atoms with Crippen molar-refractivity contribution in [2.24, 2.45) is 13.0 Å². The van der Waals surface area contributed by atoms with Gasteiger partial charge in [-0.05, 0) is 26.3 Å². The number of hydrogen-bond donors (Lipinski definition) is 0. The lowest BCUT2D eigenvalue weighted by molar-refractivity contribution is -0.133. The second-order valence-corrected chi connectivity index (χ2v) is 5.75. The van der Waals surface area contributed by atoms with Crippen molar-refractivity contribution in [1.82, 2.24) is 19.6 Å². The lowest BCUT2D eigenvalue weighted by atomic mass is 9.97. The lowest BCUT2D eigenvalue weighted by Crippen LogP contribution is -2.41. The van der Waals surface area contributed by atoms with Gasteiger partial charge in [0.1, 0.15) is 0 Å². The molecule has 0 aliphatic carbocycles. The molecule has 0 N–H and O–H groups in total. The number of piperidine rings is 1. The summed E-state index contributed by atoms with van der Waals surface area (Å²) in [6, 6.07) is 0. The molecule has 1 aromatic rings. The first-order valence-corrected chi connectivity index (χ1v) is 6.87. The summed E-state index contributed by atoms with van der Waals surface area (Å²) in [5.41, 5.74) is 2.51. The van der Waals surface area contributed by atoms with Crippen LogP contribution in [-0.4, -0.2) is 52.7 Å². The van der Waals surface area contributed by atoms with E-state index in [2.05, 4.69) is 24.0 Å². The lowest BCUT2D eigenvalue weighted by Gasteiger charge is -2.32. The largest absolute Gasteiger partial charge is 0.345 e. The fourth-order valence-corrected chi connectivity index (χ4v) is 2.74. The Kier molecular flexibility index (Phi) is 4.24. The molecule has 1 atom stereocenters. The SMILES string of the molecule is Cc1c(CN(C)CC2CCC(=O)N(C)C2)cnn1C. The van der Waals surface area contributed by atoms with Crippen molar-refractivity contribution in [2.75, 3.05) is 27.2 Å². The molecule has 1 aromatic heterocycles. The van der Waals surface area contributed by atoms with Gasteiger partial charge in [-0.15, -0.1) is 0 Å². The minimum Gasteiger partial charge on any atom is -0.345 e. The van der Waals surface area contributed by atoms with Crippen molar-refractivity contribution >= 4 is 5.91 Å². The molecule has 0 bridgehead atoms. The van der Waals surface area contributed by atoms with Crippen LogP contribution in [0.4, 0.5) is 0 Å². The molecule has 5 nitrogen and oxygen atoms in total. The maximum absolute atomic E-state index is 11.5. The van der Waals surface area contributed by atoms with Crippen LogP contribution in [-0.2, 0) is 18.4 Å². The monoisotopic (exact) mass is 264 g/mol. The average Bonchev–Trinajstić information content (AvgIpc) is 2.66. The van der Waals surface area contributed by atoms with E-state index in [1.54, 1.807) is 0 Å². The molecular formula is C14H24N4O. The minimum absolute atomic E-state index is 0.280. The number of aryl methyl sites for hydroxylation is 1. The van der Waals surface area contributed by atoms with Gasteiger partial charge in [-0.3, -0.25) is 9.48 Å². The van der Waals surface area contributed by atoms with E-state index in [1.165, 1.54) is 11.3 Å². The van der Waals surface area contributed by atoms with E-state index in [4.69, 9.17) is 0 Å². The van der Waals surface area contributed by atoms with Gasteiger partial charge >= 0.3 is 0 Å². The minimum atomic E-state index is 0.280. The highest BCUT2D eigenvalue weighted by Gasteiger charge is 2.23. The molecule has 1 amide bonds. The first-order valence-electron chi connectivity index (χ1n) is 6.87. The predicted octanol–water partition coefficient (Wildman–Crippen LogP) is 1.03. The Bertz CT molecular complexity index is 454. The number of carbonyl (C=O) groups is 1. The van der Waals surface area contributed by atoms with E-state index < -0.39 is 0 Å². The summed E-state index contributed by atoms with van der Waals surface area (Å²) in [5.74, 6) is 0.867. The molecule has 1 aliphatic rings. The van der Waals surface area contributed by atoms with Crippen LogP contribution in [0.5, 0.6) is 0 Å². The first-order chi connectivity index (χ1) is 8.97. The van der Waals surface area contributed by atoms with E-state index in [1.807, 2.05) is 29.9 Å². The van der Waals surface area contributed by atoms with Crippen LogP contribution in [0.15, 0.2) is 6.20 Å². The summed E-state index contributed by atoms with van der Waals surface area (Å²) < 4.78 is 1.91. The van der Waals surface area contributed by atoms with E-state index in [-0.39, 0.29) is 5.91 Å². The fourth-order valence-electron chi connectivity index (χ4n) is 2.74. The van der Waals surface area contributed by atoms with Gasteiger partial charge in [0.05, 0.1) is 6.20 Å². The number of aromatic nitrogens is 2. The fraction of sp³-hybridized carbons (Fsp3) is 0.714. The number of likely N-dealkylation sites (tertiary alicyclic amines) is 1. The van der Waals surface area contributed by atoms with Crippen molar-refractivity contribution in [3.63, 3.8) is 0 Å². The van der Waals surface area contributed by atoms with Crippen LogP contribution in [0.25, 0.3) is 0 Å². The highest BCUT2D eigenvalue weighted by Crippen LogP contribution is 2.18. The van der Waals surface area contributed by atoms with Gasteiger partial charge < -0.3 is 9.80 Å². The second-order valence-electron chi connectivity index (χ2n) is 5.75. The molecule has 1 saturated heterocycles. The van der Waals surface area contributed by atoms with Crippen molar-refractivity contribution in [2.45, 2.75) is 26.3 Å². The molecule has 106 valence electrons. The zero-order chi connectivity index (χ0) is 14.0. The van der Waals surface area contributed by atoms with Crippen LogP contribution < -0.4 is 0 Å². The highest BCUT2D eigenvalue weighted by atomic mass is 16.2. The van der Waals surface area contributed by atoms with E-state index in [0.717, 1.165) is 26.1 Å². The van der Waals surface area contributed by atoms with Crippen LogP contribution in [0.1, 0.15) is 24.1 Å².